The Bertz CT molecular complexity index is 249. The molecule has 3 atom stereocenters. The average Bonchev–Trinajstić information content (AvgIpc) is 2.65. The smallest absolute Gasteiger partial charge is 0.0650 e. The Kier molecular flexibility index (Phi) is 2.63. The first-order chi connectivity index (χ1) is 6.88. The van der Waals surface area contributed by atoms with E-state index in [9.17, 15) is 5.11 Å². The SMILES string of the molecule is CN(C)CC[C@@]12CC[C@@H](C1)C(C)(C)[C@@H]2O. The summed E-state index contributed by atoms with van der Waals surface area (Å²) in [6, 6.07) is 0. The maximum Gasteiger partial charge on any atom is 0.0650 e. The number of aliphatic hydroxyl groups is 1. The number of fused-ring (bicyclic) bond motifs is 2. The molecule has 0 heterocycles. The molecule has 2 bridgehead atoms. The van der Waals surface area contributed by atoms with Gasteiger partial charge in [0.05, 0.1) is 6.10 Å². The van der Waals surface area contributed by atoms with Crippen molar-refractivity contribution in [1.82, 2.24) is 4.90 Å². The van der Waals surface area contributed by atoms with Crippen molar-refractivity contribution >= 4 is 0 Å². The van der Waals surface area contributed by atoms with Crippen molar-refractivity contribution in [2.45, 2.75) is 45.6 Å². The van der Waals surface area contributed by atoms with Crippen LogP contribution in [0.25, 0.3) is 0 Å². The monoisotopic (exact) mass is 211 g/mol. The molecule has 2 saturated carbocycles. The zero-order valence-corrected chi connectivity index (χ0v) is 10.6. The Morgan fingerprint density at radius 3 is 2.47 bits per heavy atom. The predicted octanol–water partition coefficient (Wildman–Crippen LogP) is 2.13. The van der Waals surface area contributed by atoms with Gasteiger partial charge in [-0.1, -0.05) is 13.8 Å². The van der Waals surface area contributed by atoms with Gasteiger partial charge in [0.15, 0.2) is 0 Å². The van der Waals surface area contributed by atoms with Crippen LogP contribution in [0.4, 0.5) is 0 Å². The third-order valence-corrected chi connectivity index (χ3v) is 5.04. The van der Waals surface area contributed by atoms with Gasteiger partial charge in [-0.3, -0.25) is 0 Å². The summed E-state index contributed by atoms with van der Waals surface area (Å²) in [5, 5.41) is 10.5. The molecule has 0 aromatic rings. The molecule has 2 rings (SSSR count). The van der Waals surface area contributed by atoms with Crippen molar-refractivity contribution in [2.24, 2.45) is 16.7 Å². The third kappa shape index (κ3) is 1.62. The minimum Gasteiger partial charge on any atom is -0.392 e. The summed E-state index contributed by atoms with van der Waals surface area (Å²) in [6.45, 7) is 5.61. The van der Waals surface area contributed by atoms with Gasteiger partial charge in [0.25, 0.3) is 0 Å². The lowest BCUT2D eigenvalue weighted by Crippen LogP contribution is -2.42. The minimum atomic E-state index is -0.0799. The minimum absolute atomic E-state index is 0.0799. The Labute approximate surface area is 93.7 Å². The van der Waals surface area contributed by atoms with Gasteiger partial charge in [0.1, 0.15) is 0 Å². The third-order valence-electron chi connectivity index (χ3n) is 5.04. The van der Waals surface area contributed by atoms with Crippen LogP contribution in [0.3, 0.4) is 0 Å². The van der Waals surface area contributed by atoms with E-state index in [2.05, 4.69) is 32.8 Å². The average molecular weight is 211 g/mol. The van der Waals surface area contributed by atoms with Crippen LogP contribution in [0.5, 0.6) is 0 Å². The van der Waals surface area contributed by atoms with E-state index >= 15 is 0 Å². The molecule has 15 heavy (non-hydrogen) atoms. The van der Waals surface area contributed by atoms with Crippen LogP contribution in [-0.2, 0) is 0 Å². The summed E-state index contributed by atoms with van der Waals surface area (Å²) in [5.41, 5.74) is 0.406. The quantitative estimate of drug-likeness (QED) is 0.773. The van der Waals surface area contributed by atoms with Gasteiger partial charge in [0, 0.05) is 0 Å². The van der Waals surface area contributed by atoms with Gasteiger partial charge >= 0.3 is 0 Å². The number of hydrogen-bond acceptors (Lipinski definition) is 2. The molecule has 2 fully saturated rings. The van der Waals surface area contributed by atoms with E-state index in [1.165, 1.54) is 25.7 Å². The van der Waals surface area contributed by atoms with Crippen LogP contribution in [0.2, 0.25) is 0 Å². The highest BCUT2D eigenvalue weighted by Crippen LogP contribution is 2.63. The largest absolute Gasteiger partial charge is 0.392 e. The fraction of sp³-hybridized carbons (Fsp3) is 1.00. The highest BCUT2D eigenvalue weighted by atomic mass is 16.3. The molecule has 2 aliphatic carbocycles. The Hall–Kier alpha value is -0.0800. The highest BCUT2D eigenvalue weighted by molar-refractivity contribution is 5.10. The summed E-state index contributed by atoms with van der Waals surface area (Å²) in [6.07, 6.45) is 4.92. The fourth-order valence-electron chi connectivity index (χ4n) is 3.86. The van der Waals surface area contributed by atoms with Crippen molar-refractivity contribution in [3.8, 4) is 0 Å². The highest BCUT2D eigenvalue weighted by Gasteiger charge is 2.60. The topological polar surface area (TPSA) is 23.5 Å². The molecule has 0 aromatic heterocycles. The molecule has 0 unspecified atom stereocenters. The molecule has 0 spiro atoms. The van der Waals surface area contributed by atoms with E-state index < -0.39 is 0 Å². The summed E-state index contributed by atoms with van der Waals surface area (Å²) < 4.78 is 0. The normalized spacial score (nSPS) is 42.8. The molecule has 88 valence electrons. The maximum absolute atomic E-state index is 10.5. The molecule has 2 heteroatoms. The molecule has 2 aliphatic rings. The van der Waals surface area contributed by atoms with Crippen molar-refractivity contribution in [1.29, 1.82) is 0 Å². The zero-order chi connectivity index (χ0) is 11.3. The first kappa shape index (κ1) is 11.4. The van der Waals surface area contributed by atoms with Gasteiger partial charge < -0.3 is 10.0 Å². The lowest BCUT2D eigenvalue weighted by molar-refractivity contribution is -0.0473. The van der Waals surface area contributed by atoms with Gasteiger partial charge in [0.2, 0.25) is 0 Å². The van der Waals surface area contributed by atoms with Crippen molar-refractivity contribution in [3.63, 3.8) is 0 Å². The molecular formula is C13H25NO. The van der Waals surface area contributed by atoms with Gasteiger partial charge in [-0.05, 0) is 63.1 Å². The summed E-state index contributed by atoms with van der Waals surface area (Å²) in [5.74, 6) is 0.759. The molecule has 0 aliphatic heterocycles. The van der Waals surface area contributed by atoms with Gasteiger partial charge in [-0.2, -0.15) is 0 Å². The van der Waals surface area contributed by atoms with Crippen molar-refractivity contribution < 1.29 is 5.11 Å². The molecule has 2 nitrogen and oxygen atoms in total. The predicted molar refractivity (Wildman–Crippen MR) is 62.7 cm³/mol. The lowest BCUT2D eigenvalue weighted by Gasteiger charge is -2.41. The van der Waals surface area contributed by atoms with E-state index in [0.717, 1.165) is 12.5 Å². The van der Waals surface area contributed by atoms with E-state index in [1.807, 2.05) is 0 Å². The summed E-state index contributed by atoms with van der Waals surface area (Å²) >= 11 is 0. The van der Waals surface area contributed by atoms with E-state index in [-0.39, 0.29) is 16.9 Å². The van der Waals surface area contributed by atoms with Gasteiger partial charge in [-0.15, -0.1) is 0 Å². The molecule has 0 amide bonds. The van der Waals surface area contributed by atoms with Crippen LogP contribution in [-0.4, -0.2) is 36.8 Å². The number of hydrogen-bond donors (Lipinski definition) is 1. The number of aliphatic hydroxyl groups excluding tert-OH is 1. The van der Waals surface area contributed by atoms with E-state index in [0.29, 0.717) is 0 Å². The summed E-state index contributed by atoms with van der Waals surface area (Å²) in [4.78, 5) is 2.24. The first-order valence-electron chi connectivity index (χ1n) is 6.21. The Morgan fingerprint density at radius 2 is 2.00 bits per heavy atom. The van der Waals surface area contributed by atoms with Crippen LogP contribution in [0.1, 0.15) is 39.5 Å². The van der Waals surface area contributed by atoms with Crippen LogP contribution >= 0.6 is 0 Å². The Morgan fingerprint density at radius 1 is 1.33 bits per heavy atom. The first-order valence-corrected chi connectivity index (χ1v) is 6.21. The maximum atomic E-state index is 10.5. The second-order valence-electron chi connectivity index (χ2n) is 6.58. The molecule has 0 aromatic carbocycles. The molecular weight excluding hydrogens is 186 g/mol. The molecule has 0 radical (unpaired) electrons. The van der Waals surface area contributed by atoms with E-state index in [4.69, 9.17) is 0 Å². The van der Waals surface area contributed by atoms with E-state index in [1.54, 1.807) is 0 Å². The number of nitrogens with zero attached hydrogens (tertiary/aromatic N) is 1. The molecule has 1 N–H and O–H groups in total. The van der Waals surface area contributed by atoms with Crippen molar-refractivity contribution in [3.05, 3.63) is 0 Å². The second kappa shape index (κ2) is 3.46. The standard InChI is InChI=1S/C13H25NO/c1-12(2)10-5-6-13(9-10,11(12)15)7-8-14(3)4/h10-11,15H,5-9H2,1-4H3/t10-,11-,13-/m0/s1. The molecule has 0 saturated heterocycles. The number of rotatable bonds is 3. The van der Waals surface area contributed by atoms with Crippen molar-refractivity contribution in [2.75, 3.05) is 20.6 Å². The Balaban J connectivity index is 2.09. The van der Waals surface area contributed by atoms with Crippen LogP contribution in [0, 0.1) is 16.7 Å². The second-order valence-corrected chi connectivity index (χ2v) is 6.58. The zero-order valence-electron chi connectivity index (χ0n) is 10.6. The lowest BCUT2D eigenvalue weighted by atomic mass is 9.68. The summed E-state index contributed by atoms with van der Waals surface area (Å²) in [7, 11) is 4.24. The van der Waals surface area contributed by atoms with Crippen LogP contribution < -0.4 is 0 Å². The van der Waals surface area contributed by atoms with Crippen LogP contribution in [0.15, 0.2) is 0 Å². The van der Waals surface area contributed by atoms with Gasteiger partial charge in [-0.25, -0.2) is 0 Å². The fourth-order valence-corrected chi connectivity index (χ4v) is 3.86.